The van der Waals surface area contributed by atoms with Gasteiger partial charge >= 0.3 is 6.18 Å². The van der Waals surface area contributed by atoms with Gasteiger partial charge in [0, 0.05) is 34.9 Å². The zero-order valence-electron chi connectivity index (χ0n) is 20.5. The van der Waals surface area contributed by atoms with Gasteiger partial charge in [-0.2, -0.15) is 18.4 Å². The molecule has 1 unspecified atom stereocenters. The van der Waals surface area contributed by atoms with Crippen molar-refractivity contribution in [2.75, 3.05) is 0 Å². The standard InChI is InChI=1S/C28H19ClF3N5O2/c1-16-3-4-18(13-35-16)27(38,24-14-34-15-37(24)2)17-5-10-22-21(11-17)25(28(30,31)32)26(23(12-33)36-22)39-20-8-6-19(29)7-9-20/h3-11,13-15,38H,1-2H3. The van der Waals surface area contributed by atoms with Crippen LogP contribution < -0.4 is 4.74 Å². The summed E-state index contributed by atoms with van der Waals surface area (Å²) < 4.78 is 51.2. The van der Waals surface area contributed by atoms with Gasteiger partial charge in [-0.1, -0.05) is 23.7 Å². The number of imidazole rings is 1. The first kappa shape index (κ1) is 26.2. The summed E-state index contributed by atoms with van der Waals surface area (Å²) in [6, 6.07) is 14.7. The van der Waals surface area contributed by atoms with E-state index in [0.717, 1.165) is 0 Å². The van der Waals surface area contributed by atoms with Crippen LogP contribution in [0.25, 0.3) is 10.9 Å². The minimum absolute atomic E-state index is 0.0378. The first-order valence-electron chi connectivity index (χ1n) is 11.5. The predicted octanol–water partition coefficient (Wildman–Crippen LogP) is 6.29. The highest BCUT2D eigenvalue weighted by Crippen LogP contribution is 2.46. The van der Waals surface area contributed by atoms with Crippen molar-refractivity contribution in [2.24, 2.45) is 7.05 Å². The average Bonchev–Trinajstić information content (AvgIpc) is 3.34. The van der Waals surface area contributed by atoms with E-state index in [-0.39, 0.29) is 22.2 Å². The molecule has 196 valence electrons. The molecule has 0 aliphatic carbocycles. The number of pyridine rings is 2. The molecule has 7 nitrogen and oxygen atoms in total. The maximum absolute atomic E-state index is 14.7. The molecule has 0 aliphatic heterocycles. The van der Waals surface area contributed by atoms with Crippen LogP contribution in [-0.2, 0) is 18.8 Å². The van der Waals surface area contributed by atoms with Crippen molar-refractivity contribution < 1.29 is 23.0 Å². The summed E-state index contributed by atoms with van der Waals surface area (Å²) in [5.41, 5.74) is -2.32. The maximum atomic E-state index is 14.7. The van der Waals surface area contributed by atoms with Gasteiger partial charge in [0.05, 0.1) is 23.7 Å². The molecule has 5 aromatic rings. The Labute approximate surface area is 225 Å². The third-order valence-corrected chi connectivity index (χ3v) is 6.55. The Morgan fingerprint density at radius 3 is 2.33 bits per heavy atom. The van der Waals surface area contributed by atoms with Gasteiger partial charge in [-0.25, -0.2) is 9.97 Å². The van der Waals surface area contributed by atoms with E-state index in [1.54, 1.807) is 36.7 Å². The quantitative estimate of drug-likeness (QED) is 0.277. The van der Waals surface area contributed by atoms with Crippen LogP contribution in [0.15, 0.2) is 73.3 Å². The Morgan fingerprint density at radius 2 is 1.74 bits per heavy atom. The van der Waals surface area contributed by atoms with Crippen molar-refractivity contribution in [3.05, 3.63) is 112 Å². The van der Waals surface area contributed by atoms with Crippen LogP contribution >= 0.6 is 11.6 Å². The number of hydrogen-bond acceptors (Lipinski definition) is 6. The second kappa shape index (κ2) is 9.69. The first-order chi connectivity index (χ1) is 18.5. The smallest absolute Gasteiger partial charge is 0.420 e. The molecule has 39 heavy (non-hydrogen) atoms. The predicted molar refractivity (Wildman–Crippen MR) is 137 cm³/mol. The summed E-state index contributed by atoms with van der Waals surface area (Å²) >= 11 is 5.89. The molecule has 0 spiro atoms. The molecule has 0 saturated heterocycles. The molecule has 3 aromatic heterocycles. The topological polar surface area (TPSA) is 96.9 Å². The number of ether oxygens (including phenoxy) is 1. The molecule has 3 heterocycles. The largest absolute Gasteiger partial charge is 0.454 e. The zero-order valence-corrected chi connectivity index (χ0v) is 21.3. The van der Waals surface area contributed by atoms with E-state index in [0.29, 0.717) is 22.0 Å². The van der Waals surface area contributed by atoms with E-state index >= 15 is 0 Å². The number of aromatic nitrogens is 4. The third kappa shape index (κ3) is 4.67. The molecule has 2 aromatic carbocycles. The second-order valence-electron chi connectivity index (χ2n) is 8.85. The van der Waals surface area contributed by atoms with Crippen molar-refractivity contribution in [1.82, 2.24) is 19.5 Å². The number of aliphatic hydroxyl groups is 1. The lowest BCUT2D eigenvalue weighted by molar-refractivity contribution is -0.137. The van der Waals surface area contributed by atoms with Crippen molar-refractivity contribution >= 4 is 22.5 Å². The lowest BCUT2D eigenvalue weighted by atomic mass is 9.83. The summed E-state index contributed by atoms with van der Waals surface area (Å²) in [7, 11) is 1.66. The number of fused-ring (bicyclic) bond motifs is 1. The van der Waals surface area contributed by atoms with Crippen LogP contribution in [0.1, 0.15) is 33.8 Å². The van der Waals surface area contributed by atoms with Gasteiger partial charge in [-0.05, 0) is 55.0 Å². The van der Waals surface area contributed by atoms with Gasteiger partial charge in [0.2, 0.25) is 0 Å². The van der Waals surface area contributed by atoms with Crippen LogP contribution in [0.5, 0.6) is 11.5 Å². The maximum Gasteiger partial charge on any atom is 0.420 e. The van der Waals surface area contributed by atoms with Gasteiger partial charge in [-0.15, -0.1) is 0 Å². The van der Waals surface area contributed by atoms with Gasteiger partial charge in [0.15, 0.2) is 17.0 Å². The number of benzene rings is 2. The number of aryl methyl sites for hydroxylation is 2. The molecule has 0 radical (unpaired) electrons. The van der Waals surface area contributed by atoms with Crippen molar-refractivity contribution in [3.8, 4) is 17.6 Å². The number of alkyl halides is 3. The Hall–Kier alpha value is -4.46. The Morgan fingerprint density at radius 1 is 1.03 bits per heavy atom. The lowest BCUT2D eigenvalue weighted by Gasteiger charge is -2.30. The van der Waals surface area contributed by atoms with Gasteiger partial charge < -0.3 is 14.4 Å². The molecule has 0 bridgehead atoms. The van der Waals surface area contributed by atoms with Gasteiger partial charge in [-0.3, -0.25) is 4.98 Å². The van der Waals surface area contributed by atoms with Crippen molar-refractivity contribution in [1.29, 1.82) is 5.26 Å². The number of rotatable bonds is 5. The number of nitrogens with zero attached hydrogens (tertiary/aromatic N) is 5. The van der Waals surface area contributed by atoms with Crippen LogP contribution in [0.4, 0.5) is 13.2 Å². The molecule has 11 heteroatoms. The monoisotopic (exact) mass is 549 g/mol. The fourth-order valence-electron chi connectivity index (χ4n) is 4.40. The van der Waals surface area contributed by atoms with E-state index in [1.807, 2.05) is 0 Å². The second-order valence-corrected chi connectivity index (χ2v) is 9.29. The highest BCUT2D eigenvalue weighted by Gasteiger charge is 2.41. The number of hydrogen-bond donors (Lipinski definition) is 1. The van der Waals surface area contributed by atoms with E-state index in [4.69, 9.17) is 16.3 Å². The number of halogens is 4. The summed E-state index contributed by atoms with van der Waals surface area (Å²) in [6.07, 6.45) is -0.573. The Bertz CT molecular complexity index is 1730. The Kier molecular flexibility index (Phi) is 6.50. The van der Waals surface area contributed by atoms with Gasteiger partial charge in [0.1, 0.15) is 17.4 Å². The van der Waals surface area contributed by atoms with E-state index < -0.39 is 28.8 Å². The van der Waals surface area contributed by atoms with Crippen LogP contribution in [0.2, 0.25) is 5.02 Å². The highest BCUT2D eigenvalue weighted by molar-refractivity contribution is 6.30. The molecule has 0 saturated carbocycles. The average molecular weight is 550 g/mol. The molecule has 0 amide bonds. The SMILES string of the molecule is Cc1ccc(C(O)(c2ccc3nc(C#N)c(Oc4ccc(Cl)cc4)c(C(F)(F)F)c3c2)c2cncn2C)cn1. The van der Waals surface area contributed by atoms with E-state index in [1.165, 1.54) is 61.2 Å². The Balaban J connectivity index is 1.81. The molecular formula is C28H19ClF3N5O2. The summed E-state index contributed by atoms with van der Waals surface area (Å²) in [5, 5.41) is 21.8. The van der Waals surface area contributed by atoms with Crippen LogP contribution in [0.3, 0.4) is 0 Å². The molecule has 0 aliphatic rings. The summed E-state index contributed by atoms with van der Waals surface area (Å²) in [4.78, 5) is 12.5. The lowest BCUT2D eigenvalue weighted by Crippen LogP contribution is -2.31. The summed E-state index contributed by atoms with van der Waals surface area (Å²) in [6.45, 7) is 1.78. The zero-order chi connectivity index (χ0) is 27.9. The number of nitriles is 1. The summed E-state index contributed by atoms with van der Waals surface area (Å²) in [5.74, 6) is -0.714. The normalized spacial score (nSPS) is 13.2. The first-order valence-corrected chi connectivity index (χ1v) is 11.9. The van der Waals surface area contributed by atoms with E-state index in [2.05, 4.69) is 15.0 Å². The van der Waals surface area contributed by atoms with Gasteiger partial charge in [0.25, 0.3) is 0 Å². The van der Waals surface area contributed by atoms with Crippen molar-refractivity contribution in [2.45, 2.75) is 18.7 Å². The van der Waals surface area contributed by atoms with Crippen molar-refractivity contribution in [3.63, 3.8) is 0 Å². The highest BCUT2D eigenvalue weighted by atomic mass is 35.5. The minimum Gasteiger partial charge on any atom is -0.454 e. The fourth-order valence-corrected chi connectivity index (χ4v) is 4.52. The molecule has 1 N–H and O–H groups in total. The molecule has 5 rings (SSSR count). The van der Waals surface area contributed by atoms with E-state index in [9.17, 15) is 23.5 Å². The van der Waals surface area contributed by atoms with Crippen LogP contribution in [0, 0.1) is 18.3 Å². The fraction of sp³-hybridized carbons (Fsp3) is 0.143. The third-order valence-electron chi connectivity index (χ3n) is 6.30. The van der Waals surface area contributed by atoms with Crippen LogP contribution in [-0.4, -0.2) is 24.6 Å². The minimum atomic E-state index is -4.94. The molecular weight excluding hydrogens is 531 g/mol. The molecule has 0 fully saturated rings. The molecule has 1 atom stereocenters.